The highest BCUT2D eigenvalue weighted by atomic mass is 35.5. The maximum Gasteiger partial charge on any atom is 0.326 e. The summed E-state index contributed by atoms with van der Waals surface area (Å²) in [6.07, 6.45) is 0.138. The van der Waals surface area contributed by atoms with E-state index >= 15 is 0 Å². The van der Waals surface area contributed by atoms with E-state index in [0.717, 1.165) is 0 Å². The Balaban J connectivity index is 2.38. The molecule has 23 heavy (non-hydrogen) atoms. The zero-order valence-electron chi connectivity index (χ0n) is 13.7. The fourth-order valence-electron chi connectivity index (χ4n) is 1.67. The highest BCUT2D eigenvalue weighted by molar-refractivity contribution is 6.42. The van der Waals surface area contributed by atoms with E-state index in [1.165, 1.54) is 4.90 Å². The summed E-state index contributed by atoms with van der Waals surface area (Å²) in [7, 11) is 1.55. The highest BCUT2D eigenvalue weighted by Crippen LogP contribution is 2.26. The fraction of sp³-hybridized carbons (Fsp3) is 0.500. The van der Waals surface area contributed by atoms with Gasteiger partial charge in [-0.25, -0.2) is 0 Å². The van der Waals surface area contributed by atoms with E-state index < -0.39 is 11.6 Å². The van der Waals surface area contributed by atoms with Gasteiger partial charge in [-0.15, -0.1) is 0 Å². The first-order valence-corrected chi connectivity index (χ1v) is 7.88. The summed E-state index contributed by atoms with van der Waals surface area (Å²) in [4.78, 5) is 24.9. The molecule has 0 fully saturated rings. The lowest BCUT2D eigenvalue weighted by Crippen LogP contribution is -2.36. The van der Waals surface area contributed by atoms with Crippen molar-refractivity contribution >= 4 is 35.1 Å². The van der Waals surface area contributed by atoms with Gasteiger partial charge >= 0.3 is 5.97 Å². The van der Waals surface area contributed by atoms with Crippen LogP contribution in [0.1, 0.15) is 27.2 Å². The van der Waals surface area contributed by atoms with E-state index in [1.807, 2.05) is 0 Å². The molecule has 0 aromatic heterocycles. The van der Waals surface area contributed by atoms with Gasteiger partial charge in [-0.3, -0.25) is 9.59 Å². The lowest BCUT2D eigenvalue weighted by atomic mass is 10.2. The molecule has 0 radical (unpaired) electrons. The standard InChI is InChI=1S/C16H21Cl2NO4/c1-16(2,3)23-15(21)10-19(4)14(20)7-8-22-11-5-6-12(17)13(18)9-11/h5-6,9H,7-8,10H2,1-4H3. The van der Waals surface area contributed by atoms with Crippen molar-refractivity contribution in [3.05, 3.63) is 28.2 Å². The number of amides is 1. The van der Waals surface area contributed by atoms with Crippen molar-refractivity contribution in [2.75, 3.05) is 20.2 Å². The third kappa shape index (κ3) is 7.57. The second-order valence-corrected chi connectivity index (χ2v) is 6.83. The maximum atomic E-state index is 11.9. The van der Waals surface area contributed by atoms with Gasteiger partial charge in [-0.2, -0.15) is 0 Å². The average Bonchev–Trinajstić information content (AvgIpc) is 2.40. The van der Waals surface area contributed by atoms with Crippen molar-refractivity contribution in [1.82, 2.24) is 4.90 Å². The second kappa shape index (κ2) is 8.41. The minimum atomic E-state index is -0.571. The van der Waals surface area contributed by atoms with Crippen LogP contribution in [0.15, 0.2) is 18.2 Å². The van der Waals surface area contributed by atoms with Gasteiger partial charge in [0.05, 0.1) is 23.1 Å². The zero-order chi connectivity index (χ0) is 17.6. The summed E-state index contributed by atoms with van der Waals surface area (Å²) in [6, 6.07) is 4.87. The molecule has 1 rings (SSSR count). The molecule has 128 valence electrons. The van der Waals surface area contributed by atoms with Crippen LogP contribution in [-0.4, -0.2) is 42.6 Å². The Hall–Kier alpha value is -1.46. The van der Waals surface area contributed by atoms with Crippen molar-refractivity contribution in [1.29, 1.82) is 0 Å². The Morgan fingerprint density at radius 3 is 2.39 bits per heavy atom. The molecule has 5 nitrogen and oxygen atoms in total. The summed E-state index contributed by atoms with van der Waals surface area (Å²) in [6.45, 7) is 5.41. The summed E-state index contributed by atoms with van der Waals surface area (Å²) >= 11 is 11.7. The number of hydrogen-bond donors (Lipinski definition) is 0. The van der Waals surface area contributed by atoms with E-state index in [2.05, 4.69) is 0 Å². The Morgan fingerprint density at radius 2 is 1.83 bits per heavy atom. The third-order valence-electron chi connectivity index (χ3n) is 2.69. The van der Waals surface area contributed by atoms with E-state index in [4.69, 9.17) is 32.7 Å². The number of rotatable bonds is 6. The molecule has 0 saturated carbocycles. The van der Waals surface area contributed by atoms with Gasteiger partial charge in [0, 0.05) is 13.1 Å². The van der Waals surface area contributed by atoms with Crippen LogP contribution in [0.25, 0.3) is 0 Å². The number of hydrogen-bond acceptors (Lipinski definition) is 4. The monoisotopic (exact) mass is 361 g/mol. The van der Waals surface area contributed by atoms with Gasteiger partial charge in [0.15, 0.2) is 0 Å². The molecule has 0 aliphatic carbocycles. The van der Waals surface area contributed by atoms with Crippen LogP contribution in [0.3, 0.4) is 0 Å². The quantitative estimate of drug-likeness (QED) is 0.726. The number of esters is 1. The number of ether oxygens (including phenoxy) is 2. The minimum Gasteiger partial charge on any atom is -0.493 e. The Labute approximate surface area is 146 Å². The number of benzene rings is 1. The first-order valence-electron chi connectivity index (χ1n) is 7.12. The highest BCUT2D eigenvalue weighted by Gasteiger charge is 2.19. The van der Waals surface area contributed by atoms with Crippen LogP contribution in [0.4, 0.5) is 0 Å². The van der Waals surface area contributed by atoms with Gasteiger partial charge in [0.2, 0.25) is 5.91 Å². The van der Waals surface area contributed by atoms with E-state index in [9.17, 15) is 9.59 Å². The van der Waals surface area contributed by atoms with Crippen LogP contribution >= 0.6 is 23.2 Å². The van der Waals surface area contributed by atoms with Crippen molar-refractivity contribution in [2.24, 2.45) is 0 Å². The molecule has 1 aromatic carbocycles. The molecule has 0 aliphatic heterocycles. The van der Waals surface area contributed by atoms with Crippen LogP contribution < -0.4 is 4.74 Å². The summed E-state index contributed by atoms with van der Waals surface area (Å²) in [5, 5.41) is 0.824. The van der Waals surface area contributed by atoms with Crippen molar-refractivity contribution in [3.8, 4) is 5.75 Å². The molecule has 1 aromatic rings. The van der Waals surface area contributed by atoms with Crippen molar-refractivity contribution in [3.63, 3.8) is 0 Å². The summed E-state index contributed by atoms with van der Waals surface area (Å²) < 4.78 is 10.6. The number of likely N-dealkylation sites (N-methyl/N-ethyl adjacent to an activating group) is 1. The molecule has 1 amide bonds. The molecule has 0 bridgehead atoms. The zero-order valence-corrected chi connectivity index (χ0v) is 15.2. The Kier molecular flexibility index (Phi) is 7.16. The third-order valence-corrected chi connectivity index (χ3v) is 3.43. The molecule has 0 aliphatic rings. The van der Waals surface area contributed by atoms with Crippen molar-refractivity contribution in [2.45, 2.75) is 32.8 Å². The number of carbonyl (C=O) groups excluding carboxylic acids is 2. The molecule has 0 unspecified atom stereocenters. The molecular weight excluding hydrogens is 341 g/mol. The van der Waals surface area contributed by atoms with Gasteiger partial charge in [-0.1, -0.05) is 23.2 Å². The van der Waals surface area contributed by atoms with Gasteiger partial charge in [0.25, 0.3) is 0 Å². The fourth-order valence-corrected chi connectivity index (χ4v) is 1.96. The van der Waals surface area contributed by atoms with E-state index in [-0.39, 0.29) is 25.5 Å². The Morgan fingerprint density at radius 1 is 1.17 bits per heavy atom. The van der Waals surface area contributed by atoms with Crippen LogP contribution in [0.2, 0.25) is 10.0 Å². The summed E-state index contributed by atoms with van der Waals surface area (Å²) in [5.41, 5.74) is -0.571. The number of nitrogens with zero attached hydrogens (tertiary/aromatic N) is 1. The largest absolute Gasteiger partial charge is 0.493 e. The van der Waals surface area contributed by atoms with Crippen LogP contribution in [-0.2, 0) is 14.3 Å². The smallest absolute Gasteiger partial charge is 0.326 e. The molecule has 0 spiro atoms. The Bertz CT molecular complexity index is 570. The van der Waals surface area contributed by atoms with Gasteiger partial charge in [-0.05, 0) is 32.9 Å². The predicted octanol–water partition coefficient (Wildman–Crippen LogP) is 3.56. The van der Waals surface area contributed by atoms with Gasteiger partial charge in [0.1, 0.15) is 17.9 Å². The lowest BCUT2D eigenvalue weighted by molar-refractivity contribution is -0.158. The average molecular weight is 362 g/mol. The second-order valence-electron chi connectivity index (χ2n) is 6.01. The lowest BCUT2D eigenvalue weighted by Gasteiger charge is -2.22. The molecule has 0 N–H and O–H groups in total. The molecular formula is C16H21Cl2NO4. The first-order chi connectivity index (χ1) is 10.6. The van der Waals surface area contributed by atoms with Crippen LogP contribution in [0, 0.1) is 0 Å². The normalized spacial score (nSPS) is 11.0. The summed E-state index contributed by atoms with van der Waals surface area (Å²) in [5.74, 6) is -0.128. The molecule has 0 heterocycles. The first kappa shape index (κ1) is 19.6. The van der Waals surface area contributed by atoms with Crippen molar-refractivity contribution < 1.29 is 19.1 Å². The topological polar surface area (TPSA) is 55.8 Å². The van der Waals surface area contributed by atoms with Gasteiger partial charge < -0.3 is 14.4 Å². The molecule has 0 saturated heterocycles. The molecule has 0 atom stereocenters. The van der Waals surface area contributed by atoms with E-state index in [0.29, 0.717) is 15.8 Å². The minimum absolute atomic E-state index is 0.0944. The number of carbonyl (C=O) groups is 2. The maximum absolute atomic E-state index is 11.9. The number of halogens is 2. The predicted molar refractivity (Wildman–Crippen MR) is 90.1 cm³/mol. The molecule has 7 heteroatoms. The van der Waals surface area contributed by atoms with Crippen LogP contribution in [0.5, 0.6) is 5.75 Å². The SMILES string of the molecule is CN(CC(=O)OC(C)(C)C)C(=O)CCOc1ccc(Cl)c(Cl)c1. The van der Waals surface area contributed by atoms with E-state index in [1.54, 1.807) is 46.0 Å².